The molecule has 1 saturated carbocycles. The maximum absolute atomic E-state index is 12.0. The first kappa shape index (κ1) is 9.39. The van der Waals surface area contributed by atoms with Gasteiger partial charge in [-0.15, -0.1) is 0 Å². The van der Waals surface area contributed by atoms with Crippen LogP contribution in [0, 0.1) is 0 Å². The molecular formula is C12H12N2O2. The van der Waals surface area contributed by atoms with E-state index in [0.717, 1.165) is 12.8 Å². The Morgan fingerprint density at radius 1 is 1.06 bits per heavy atom. The lowest BCUT2D eigenvalue weighted by Gasteiger charge is -2.16. The zero-order valence-corrected chi connectivity index (χ0v) is 8.80. The summed E-state index contributed by atoms with van der Waals surface area (Å²) in [5.74, 6) is -0.122. The normalized spacial score (nSPS) is 20.8. The van der Waals surface area contributed by atoms with Gasteiger partial charge in [0.05, 0.1) is 5.69 Å². The summed E-state index contributed by atoms with van der Waals surface area (Å²) in [6, 6.07) is 9.22. The van der Waals surface area contributed by atoms with Gasteiger partial charge >= 0.3 is 6.03 Å². The van der Waals surface area contributed by atoms with Crippen molar-refractivity contribution in [2.24, 2.45) is 0 Å². The molecule has 82 valence electrons. The molecule has 3 amide bonds. The van der Waals surface area contributed by atoms with E-state index in [1.54, 1.807) is 17.0 Å². The van der Waals surface area contributed by atoms with Crippen molar-refractivity contribution in [2.75, 3.05) is 11.4 Å². The number of carbonyl (C=O) groups excluding carboxylic acids is 2. The zero-order valence-electron chi connectivity index (χ0n) is 8.80. The Bertz CT molecular complexity index is 440. The highest BCUT2D eigenvalue weighted by Gasteiger charge is 2.44. The molecule has 0 bridgehead atoms. The van der Waals surface area contributed by atoms with Gasteiger partial charge in [-0.2, -0.15) is 0 Å². The standard InChI is InChI=1S/C12H12N2O2/c15-11-8-13(9-6-7-9)12(16)14(11)10-4-2-1-3-5-10/h1-5,9H,6-8H2. The summed E-state index contributed by atoms with van der Waals surface area (Å²) in [5.41, 5.74) is 0.667. The summed E-state index contributed by atoms with van der Waals surface area (Å²) in [7, 11) is 0. The highest BCUT2D eigenvalue weighted by Crippen LogP contribution is 2.32. The Morgan fingerprint density at radius 3 is 2.38 bits per heavy atom. The Kier molecular flexibility index (Phi) is 1.96. The molecule has 2 aliphatic rings. The Labute approximate surface area is 93.5 Å². The fourth-order valence-corrected chi connectivity index (χ4v) is 2.02. The first-order chi connectivity index (χ1) is 7.77. The van der Waals surface area contributed by atoms with Crippen LogP contribution in [-0.4, -0.2) is 29.4 Å². The zero-order chi connectivity index (χ0) is 11.1. The Hall–Kier alpha value is -1.84. The topological polar surface area (TPSA) is 40.6 Å². The molecule has 1 saturated heterocycles. The second-order valence-electron chi connectivity index (χ2n) is 4.21. The summed E-state index contributed by atoms with van der Waals surface area (Å²) < 4.78 is 0. The predicted molar refractivity (Wildman–Crippen MR) is 59.1 cm³/mol. The SMILES string of the molecule is O=C1CN(C2CC2)C(=O)N1c1ccccc1. The van der Waals surface area contributed by atoms with Gasteiger partial charge in [0, 0.05) is 6.04 Å². The summed E-state index contributed by atoms with van der Waals surface area (Å²) in [6.45, 7) is 0.235. The number of imide groups is 1. The second kappa shape index (κ2) is 3.33. The molecule has 0 N–H and O–H groups in total. The maximum Gasteiger partial charge on any atom is 0.332 e. The van der Waals surface area contributed by atoms with E-state index in [9.17, 15) is 9.59 Å². The van der Waals surface area contributed by atoms with Crippen molar-refractivity contribution >= 4 is 17.6 Å². The van der Waals surface area contributed by atoms with E-state index in [1.807, 2.05) is 18.2 Å². The number of rotatable bonds is 2. The van der Waals surface area contributed by atoms with Crippen LogP contribution in [0.2, 0.25) is 0 Å². The molecule has 4 nitrogen and oxygen atoms in total. The molecule has 1 aliphatic carbocycles. The summed E-state index contributed by atoms with van der Waals surface area (Å²) in [6.07, 6.45) is 2.06. The molecule has 2 fully saturated rings. The van der Waals surface area contributed by atoms with E-state index in [1.165, 1.54) is 4.90 Å². The molecular weight excluding hydrogens is 204 g/mol. The summed E-state index contributed by atoms with van der Waals surface area (Å²) in [4.78, 5) is 26.8. The smallest absolute Gasteiger partial charge is 0.312 e. The highest BCUT2D eigenvalue weighted by atomic mass is 16.2. The van der Waals surface area contributed by atoms with Crippen molar-refractivity contribution in [1.29, 1.82) is 0 Å². The van der Waals surface area contributed by atoms with E-state index < -0.39 is 0 Å². The number of para-hydroxylation sites is 1. The van der Waals surface area contributed by atoms with Crippen molar-refractivity contribution < 1.29 is 9.59 Å². The van der Waals surface area contributed by atoms with E-state index in [4.69, 9.17) is 0 Å². The number of hydrogen-bond acceptors (Lipinski definition) is 2. The summed E-state index contributed by atoms with van der Waals surface area (Å²) >= 11 is 0. The first-order valence-electron chi connectivity index (χ1n) is 5.46. The van der Waals surface area contributed by atoms with Crippen molar-refractivity contribution in [3.63, 3.8) is 0 Å². The van der Waals surface area contributed by atoms with E-state index in [2.05, 4.69) is 0 Å². The minimum atomic E-state index is -0.168. The fourth-order valence-electron chi connectivity index (χ4n) is 2.02. The van der Waals surface area contributed by atoms with Crippen LogP contribution < -0.4 is 4.90 Å². The molecule has 0 radical (unpaired) electrons. The number of amides is 3. The van der Waals surface area contributed by atoms with Gasteiger partial charge in [-0.05, 0) is 25.0 Å². The van der Waals surface area contributed by atoms with E-state index in [-0.39, 0.29) is 18.5 Å². The number of benzene rings is 1. The number of urea groups is 1. The van der Waals surface area contributed by atoms with Gasteiger partial charge in [0.25, 0.3) is 5.91 Å². The van der Waals surface area contributed by atoms with Crippen LogP contribution >= 0.6 is 0 Å². The van der Waals surface area contributed by atoms with E-state index in [0.29, 0.717) is 11.7 Å². The van der Waals surface area contributed by atoms with Gasteiger partial charge in [-0.3, -0.25) is 4.79 Å². The van der Waals surface area contributed by atoms with Gasteiger partial charge in [-0.1, -0.05) is 18.2 Å². The third-order valence-electron chi connectivity index (χ3n) is 2.99. The van der Waals surface area contributed by atoms with Crippen molar-refractivity contribution in [1.82, 2.24) is 4.90 Å². The van der Waals surface area contributed by atoms with Crippen molar-refractivity contribution in [3.05, 3.63) is 30.3 Å². The van der Waals surface area contributed by atoms with Crippen LogP contribution in [0.4, 0.5) is 10.5 Å². The molecule has 1 heterocycles. The van der Waals surface area contributed by atoms with Crippen molar-refractivity contribution in [3.8, 4) is 0 Å². The lowest BCUT2D eigenvalue weighted by atomic mass is 10.3. The quantitative estimate of drug-likeness (QED) is 0.705. The largest absolute Gasteiger partial charge is 0.332 e. The maximum atomic E-state index is 12.0. The van der Waals surface area contributed by atoms with Crippen LogP contribution in [0.3, 0.4) is 0 Å². The molecule has 4 heteroatoms. The second-order valence-corrected chi connectivity index (χ2v) is 4.21. The average molecular weight is 216 g/mol. The number of anilines is 1. The number of hydrogen-bond donors (Lipinski definition) is 0. The molecule has 1 aromatic carbocycles. The van der Waals surface area contributed by atoms with Crippen LogP contribution in [0.25, 0.3) is 0 Å². The Balaban J connectivity index is 1.90. The molecule has 1 aromatic rings. The minimum absolute atomic E-state index is 0.122. The van der Waals surface area contributed by atoms with Gasteiger partial charge in [0.2, 0.25) is 0 Å². The highest BCUT2D eigenvalue weighted by molar-refractivity contribution is 6.19. The molecule has 0 aromatic heterocycles. The van der Waals surface area contributed by atoms with E-state index >= 15 is 0 Å². The molecule has 0 spiro atoms. The van der Waals surface area contributed by atoms with Gasteiger partial charge in [-0.25, -0.2) is 9.69 Å². The van der Waals surface area contributed by atoms with Crippen LogP contribution in [0.1, 0.15) is 12.8 Å². The van der Waals surface area contributed by atoms with Crippen LogP contribution in [0.5, 0.6) is 0 Å². The van der Waals surface area contributed by atoms with Crippen LogP contribution in [0.15, 0.2) is 30.3 Å². The van der Waals surface area contributed by atoms with Gasteiger partial charge in [0.15, 0.2) is 0 Å². The molecule has 3 rings (SSSR count). The predicted octanol–water partition coefficient (Wildman–Crippen LogP) is 1.62. The minimum Gasteiger partial charge on any atom is -0.312 e. The lowest BCUT2D eigenvalue weighted by molar-refractivity contribution is -0.116. The third kappa shape index (κ3) is 1.38. The molecule has 1 aliphatic heterocycles. The first-order valence-corrected chi connectivity index (χ1v) is 5.46. The molecule has 16 heavy (non-hydrogen) atoms. The third-order valence-corrected chi connectivity index (χ3v) is 2.99. The molecule has 0 atom stereocenters. The van der Waals surface area contributed by atoms with Gasteiger partial charge in [0.1, 0.15) is 6.54 Å². The fraction of sp³-hybridized carbons (Fsp3) is 0.333. The number of nitrogens with zero attached hydrogens (tertiary/aromatic N) is 2. The monoisotopic (exact) mass is 216 g/mol. The molecule has 0 unspecified atom stereocenters. The average Bonchev–Trinajstić information content (AvgIpc) is 3.07. The summed E-state index contributed by atoms with van der Waals surface area (Å²) in [5, 5.41) is 0. The number of carbonyl (C=O) groups is 2. The van der Waals surface area contributed by atoms with Gasteiger partial charge < -0.3 is 4.90 Å². The van der Waals surface area contributed by atoms with Crippen molar-refractivity contribution in [2.45, 2.75) is 18.9 Å². The Morgan fingerprint density at radius 2 is 1.75 bits per heavy atom. The lowest BCUT2D eigenvalue weighted by Crippen LogP contribution is -2.34. The van der Waals surface area contributed by atoms with Crippen LogP contribution in [-0.2, 0) is 4.79 Å².